The van der Waals surface area contributed by atoms with Gasteiger partial charge >= 0.3 is 0 Å². The van der Waals surface area contributed by atoms with Gasteiger partial charge in [-0.1, -0.05) is 60.7 Å². The van der Waals surface area contributed by atoms with Crippen LogP contribution in [0.15, 0.2) is 114 Å². The highest BCUT2D eigenvalue weighted by Gasteiger charge is 2.26. The Bertz CT molecular complexity index is 2100. The zero-order chi connectivity index (χ0) is 30.0. The second kappa shape index (κ2) is 11.9. The maximum Gasteiger partial charge on any atom is 0.274 e. The van der Waals surface area contributed by atoms with Crippen molar-refractivity contribution in [3.8, 4) is 0 Å². The number of hydrogen-bond donors (Lipinski definition) is 3. The van der Waals surface area contributed by atoms with Crippen molar-refractivity contribution in [2.75, 3.05) is 0 Å². The standard InChI is InChI=1S/C24H20FNO2S.C10H8N2O2/c25-18-5-3-6-20(14-18)29(27,28)26-19-11-8-17-10-12-22-21-7-2-1-4-16(21)9-13-23(22)24(17)15-19;13-10(12-14)8-3-4-9-7(6-8)2-1-5-11-9/h1-7,9-10,12-14,19,26H,8,11,15H2;1-6,14H,(H,12,13). The number of hydrogen-bond acceptors (Lipinski definition) is 5. The summed E-state index contributed by atoms with van der Waals surface area (Å²) in [6.45, 7) is 0. The molecule has 0 bridgehead atoms. The van der Waals surface area contributed by atoms with Crippen molar-refractivity contribution in [1.82, 2.24) is 15.2 Å². The molecule has 7 rings (SSSR count). The highest BCUT2D eigenvalue weighted by atomic mass is 32.2. The van der Waals surface area contributed by atoms with Gasteiger partial charge in [-0.3, -0.25) is 15.0 Å². The number of carbonyl (C=O) groups is 1. The molecule has 3 N–H and O–H groups in total. The summed E-state index contributed by atoms with van der Waals surface area (Å²) in [5.41, 5.74) is 5.29. The summed E-state index contributed by atoms with van der Waals surface area (Å²) < 4.78 is 41.7. The van der Waals surface area contributed by atoms with Crippen LogP contribution < -0.4 is 10.2 Å². The fourth-order valence-corrected chi connectivity index (χ4v) is 6.95. The van der Waals surface area contributed by atoms with Crippen molar-refractivity contribution in [1.29, 1.82) is 0 Å². The third kappa shape index (κ3) is 5.96. The summed E-state index contributed by atoms with van der Waals surface area (Å²) in [5, 5.41) is 14.1. The largest absolute Gasteiger partial charge is 0.288 e. The Morgan fingerprint density at radius 3 is 2.49 bits per heavy atom. The Balaban J connectivity index is 0.000000197. The van der Waals surface area contributed by atoms with Crippen molar-refractivity contribution in [3.63, 3.8) is 0 Å². The maximum atomic E-state index is 13.5. The van der Waals surface area contributed by atoms with E-state index >= 15 is 0 Å². The number of aryl methyl sites for hydroxylation is 1. The summed E-state index contributed by atoms with van der Waals surface area (Å²) in [4.78, 5) is 15.2. The fourth-order valence-electron chi connectivity index (χ4n) is 5.65. The highest BCUT2D eigenvalue weighted by molar-refractivity contribution is 7.89. The van der Waals surface area contributed by atoms with E-state index in [-0.39, 0.29) is 10.9 Å². The number of amides is 1. The monoisotopic (exact) mass is 593 g/mol. The van der Waals surface area contributed by atoms with E-state index in [0.717, 1.165) is 29.8 Å². The Morgan fingerprint density at radius 2 is 1.65 bits per heavy atom. The van der Waals surface area contributed by atoms with Crippen LogP contribution in [-0.2, 0) is 22.9 Å². The SMILES string of the molecule is O=C(NO)c1ccc2ncccc2c1.O=S(=O)(NC1CCc2ccc3c(ccc4ccccc43)c2C1)c1cccc(F)c1. The van der Waals surface area contributed by atoms with Crippen LogP contribution in [0.3, 0.4) is 0 Å². The van der Waals surface area contributed by atoms with E-state index < -0.39 is 21.7 Å². The first-order valence-corrected chi connectivity index (χ1v) is 15.3. The number of aromatic nitrogens is 1. The third-order valence-electron chi connectivity index (χ3n) is 7.74. The number of halogens is 1. The van der Waals surface area contributed by atoms with E-state index in [1.807, 2.05) is 18.2 Å². The fraction of sp³-hybridized carbons (Fsp3) is 0.118. The Labute approximate surface area is 248 Å². The first-order valence-electron chi connectivity index (χ1n) is 13.8. The average Bonchev–Trinajstić information content (AvgIpc) is 3.04. The van der Waals surface area contributed by atoms with Gasteiger partial charge in [0, 0.05) is 23.2 Å². The second-order valence-electron chi connectivity index (χ2n) is 10.5. The molecule has 1 aliphatic carbocycles. The van der Waals surface area contributed by atoms with Crippen molar-refractivity contribution in [3.05, 3.63) is 132 Å². The predicted molar refractivity (Wildman–Crippen MR) is 165 cm³/mol. The molecule has 0 saturated heterocycles. The van der Waals surface area contributed by atoms with Crippen LogP contribution in [0.25, 0.3) is 32.4 Å². The quantitative estimate of drug-likeness (QED) is 0.126. The first kappa shape index (κ1) is 28.4. The minimum atomic E-state index is -3.76. The molecule has 0 spiro atoms. The molecule has 5 aromatic carbocycles. The zero-order valence-corrected chi connectivity index (χ0v) is 23.8. The van der Waals surface area contributed by atoms with Crippen LogP contribution in [0, 0.1) is 5.82 Å². The van der Waals surface area contributed by atoms with Crippen LogP contribution in [0.1, 0.15) is 27.9 Å². The highest BCUT2D eigenvalue weighted by Crippen LogP contribution is 2.33. The summed E-state index contributed by atoms with van der Waals surface area (Å²) in [7, 11) is -3.76. The second-order valence-corrected chi connectivity index (χ2v) is 12.2. The molecule has 1 heterocycles. The number of sulfonamides is 1. The van der Waals surface area contributed by atoms with E-state index in [9.17, 15) is 17.6 Å². The van der Waals surface area contributed by atoms with Gasteiger partial charge in [0.05, 0.1) is 10.4 Å². The molecule has 1 aromatic heterocycles. The molecule has 1 amide bonds. The van der Waals surface area contributed by atoms with E-state index in [0.29, 0.717) is 12.0 Å². The van der Waals surface area contributed by atoms with Crippen molar-refractivity contribution in [2.24, 2.45) is 0 Å². The van der Waals surface area contributed by atoms with Crippen LogP contribution in [0.4, 0.5) is 4.39 Å². The number of pyridine rings is 1. The first-order chi connectivity index (χ1) is 20.8. The molecule has 0 aliphatic heterocycles. The summed E-state index contributed by atoms with van der Waals surface area (Å²) in [6.07, 6.45) is 3.85. The molecule has 9 heteroatoms. The van der Waals surface area contributed by atoms with Gasteiger partial charge in [-0.2, -0.15) is 0 Å². The van der Waals surface area contributed by atoms with Crippen molar-refractivity contribution < 1.29 is 22.8 Å². The third-order valence-corrected chi connectivity index (χ3v) is 9.26. The number of nitrogens with one attached hydrogen (secondary N) is 2. The van der Waals surface area contributed by atoms with E-state index in [1.165, 1.54) is 50.9 Å². The molecule has 0 saturated carbocycles. The van der Waals surface area contributed by atoms with Gasteiger partial charge in [0.1, 0.15) is 5.82 Å². The van der Waals surface area contributed by atoms with Crippen molar-refractivity contribution in [2.45, 2.75) is 30.2 Å². The van der Waals surface area contributed by atoms with Gasteiger partial charge in [0.15, 0.2) is 0 Å². The molecule has 7 nitrogen and oxygen atoms in total. The normalized spacial score (nSPS) is 14.6. The lowest BCUT2D eigenvalue weighted by molar-refractivity contribution is 0.0706. The molecule has 1 atom stereocenters. The van der Waals surface area contributed by atoms with Gasteiger partial charge in [-0.15, -0.1) is 0 Å². The summed E-state index contributed by atoms with van der Waals surface area (Å²) >= 11 is 0. The van der Waals surface area contributed by atoms with E-state index in [1.54, 1.807) is 35.9 Å². The lowest BCUT2D eigenvalue weighted by Gasteiger charge is -2.27. The van der Waals surface area contributed by atoms with Gasteiger partial charge in [-0.05, 0) is 94.4 Å². The van der Waals surface area contributed by atoms with Crippen LogP contribution >= 0.6 is 0 Å². The number of carbonyl (C=O) groups excluding carboxylic acids is 1. The minimum Gasteiger partial charge on any atom is -0.288 e. The molecule has 1 unspecified atom stereocenters. The smallest absolute Gasteiger partial charge is 0.274 e. The molecular formula is C34H28FN3O4S. The van der Waals surface area contributed by atoms with Gasteiger partial charge in [-0.25, -0.2) is 23.0 Å². The molecule has 43 heavy (non-hydrogen) atoms. The number of benzene rings is 5. The number of rotatable bonds is 4. The average molecular weight is 594 g/mol. The molecule has 1 aliphatic rings. The zero-order valence-electron chi connectivity index (χ0n) is 23.0. The van der Waals surface area contributed by atoms with Crippen LogP contribution in [0.2, 0.25) is 0 Å². The van der Waals surface area contributed by atoms with Gasteiger partial charge < -0.3 is 0 Å². The molecular weight excluding hydrogens is 565 g/mol. The molecule has 6 aromatic rings. The van der Waals surface area contributed by atoms with E-state index in [2.05, 4.69) is 46.1 Å². The van der Waals surface area contributed by atoms with Gasteiger partial charge in [0.25, 0.3) is 5.91 Å². The predicted octanol–water partition coefficient (Wildman–Crippen LogP) is 6.32. The van der Waals surface area contributed by atoms with Crippen LogP contribution in [0.5, 0.6) is 0 Å². The summed E-state index contributed by atoms with van der Waals surface area (Å²) in [5.74, 6) is -1.07. The van der Waals surface area contributed by atoms with Gasteiger partial charge in [0.2, 0.25) is 10.0 Å². The Hall–Kier alpha value is -4.70. The minimum absolute atomic E-state index is 0.0350. The maximum absolute atomic E-state index is 13.5. The van der Waals surface area contributed by atoms with Crippen LogP contribution in [-0.4, -0.2) is 30.6 Å². The lowest BCUT2D eigenvalue weighted by Crippen LogP contribution is -2.38. The summed E-state index contributed by atoms with van der Waals surface area (Å²) in [6, 6.07) is 30.5. The number of hydroxylamine groups is 1. The Morgan fingerprint density at radius 1 is 0.837 bits per heavy atom. The molecule has 0 radical (unpaired) electrons. The Kier molecular flexibility index (Phi) is 7.86. The topological polar surface area (TPSA) is 108 Å². The molecule has 0 fully saturated rings. The number of fused-ring (bicyclic) bond motifs is 6. The number of nitrogens with zero attached hydrogens (tertiary/aromatic N) is 1. The van der Waals surface area contributed by atoms with E-state index in [4.69, 9.17) is 5.21 Å². The molecule has 216 valence electrons. The lowest BCUT2D eigenvalue weighted by atomic mass is 9.84. The van der Waals surface area contributed by atoms with Crippen molar-refractivity contribution >= 4 is 48.4 Å².